The maximum Gasteiger partial charge on any atom is 0.295 e. The van der Waals surface area contributed by atoms with E-state index in [1.165, 1.54) is 14.9 Å². The average Bonchev–Trinajstić information content (AvgIpc) is 3.15. The van der Waals surface area contributed by atoms with Crippen molar-refractivity contribution in [1.29, 1.82) is 0 Å². The third kappa shape index (κ3) is 3.36. The van der Waals surface area contributed by atoms with Gasteiger partial charge in [-0.2, -0.15) is 9.29 Å². The number of hydrogen-bond acceptors (Lipinski definition) is 6. The Morgan fingerprint density at radius 1 is 1.11 bits per heavy atom. The summed E-state index contributed by atoms with van der Waals surface area (Å²) in [6.07, 6.45) is 4.29. The van der Waals surface area contributed by atoms with Gasteiger partial charge in [0, 0.05) is 25.0 Å². The van der Waals surface area contributed by atoms with Crippen LogP contribution in [0.3, 0.4) is 0 Å². The number of benzene rings is 1. The Morgan fingerprint density at radius 3 is 2.61 bits per heavy atom. The minimum absolute atomic E-state index is 0.0725. The highest BCUT2D eigenvalue weighted by Crippen LogP contribution is 2.27. The summed E-state index contributed by atoms with van der Waals surface area (Å²) in [4.78, 5) is 20.9. The van der Waals surface area contributed by atoms with Gasteiger partial charge in [-0.05, 0) is 38.0 Å². The fourth-order valence-electron chi connectivity index (χ4n) is 3.22. The number of anilines is 1. The number of carbonyl (C=O) groups excluding carboxylic acids is 1. The predicted octanol–water partition coefficient (Wildman–Crippen LogP) is 1.86. The van der Waals surface area contributed by atoms with Crippen molar-refractivity contribution in [3.8, 4) is 0 Å². The van der Waals surface area contributed by atoms with Gasteiger partial charge in [0.2, 0.25) is 15.8 Å². The van der Waals surface area contributed by atoms with Gasteiger partial charge in [-0.15, -0.1) is 5.10 Å². The normalized spacial score (nSPS) is 15.6. The number of hydrogen-bond donors (Lipinski definition) is 1. The van der Waals surface area contributed by atoms with Gasteiger partial charge in [0.25, 0.3) is 11.7 Å². The molecule has 1 saturated heterocycles. The Hall–Kier alpha value is -2.85. The van der Waals surface area contributed by atoms with Crippen LogP contribution in [-0.4, -0.2) is 51.3 Å². The Balaban J connectivity index is 1.64. The lowest BCUT2D eigenvalue weighted by Crippen LogP contribution is -2.36. The molecule has 0 saturated carbocycles. The van der Waals surface area contributed by atoms with Crippen molar-refractivity contribution in [3.63, 3.8) is 0 Å². The molecule has 1 aliphatic rings. The fraction of sp³-hybridized carbons (Fsp3) is 0.333. The van der Waals surface area contributed by atoms with Gasteiger partial charge in [0.15, 0.2) is 0 Å². The number of amides is 1. The number of nitrogens with zero attached hydrogens (tertiary/aromatic N) is 5. The number of rotatable bonds is 4. The Labute approximate surface area is 162 Å². The Bertz CT molecular complexity index is 1140. The van der Waals surface area contributed by atoms with Crippen LogP contribution < -0.4 is 5.32 Å². The van der Waals surface area contributed by atoms with Crippen LogP contribution in [0.2, 0.25) is 0 Å². The molecule has 2 aromatic heterocycles. The number of nitrogens with one attached hydrogen (secondary N) is 1. The molecule has 28 heavy (non-hydrogen) atoms. The summed E-state index contributed by atoms with van der Waals surface area (Å²) < 4.78 is 29.0. The van der Waals surface area contributed by atoms with Gasteiger partial charge >= 0.3 is 0 Å². The monoisotopic (exact) mass is 400 g/mol. The van der Waals surface area contributed by atoms with Crippen molar-refractivity contribution in [2.75, 3.05) is 18.4 Å². The van der Waals surface area contributed by atoms with E-state index in [2.05, 4.69) is 20.4 Å². The highest BCUT2D eigenvalue weighted by Gasteiger charge is 2.29. The van der Waals surface area contributed by atoms with Crippen LogP contribution in [0.4, 0.5) is 5.69 Å². The van der Waals surface area contributed by atoms with E-state index in [-0.39, 0.29) is 16.4 Å². The molecule has 1 fully saturated rings. The number of aromatic nitrogens is 4. The summed E-state index contributed by atoms with van der Waals surface area (Å²) >= 11 is 0. The molecule has 1 aromatic carbocycles. The Kier molecular flexibility index (Phi) is 4.82. The first kappa shape index (κ1) is 18.5. The molecule has 0 aliphatic carbocycles. The molecule has 1 amide bonds. The van der Waals surface area contributed by atoms with Crippen LogP contribution in [0, 0.1) is 6.92 Å². The summed E-state index contributed by atoms with van der Waals surface area (Å²) in [7, 11) is -3.69. The molecule has 3 aromatic rings. The lowest BCUT2D eigenvalue weighted by atomic mass is 10.2. The maximum atomic E-state index is 13.0. The minimum atomic E-state index is -3.69. The second kappa shape index (κ2) is 7.28. The van der Waals surface area contributed by atoms with E-state index in [0.29, 0.717) is 18.9 Å². The van der Waals surface area contributed by atoms with Crippen molar-refractivity contribution >= 4 is 27.4 Å². The molecular formula is C18H20N6O3S. The van der Waals surface area contributed by atoms with Gasteiger partial charge in [0.1, 0.15) is 4.90 Å². The number of para-hydroxylation sites is 1. The van der Waals surface area contributed by atoms with Crippen LogP contribution in [-0.2, 0) is 10.0 Å². The van der Waals surface area contributed by atoms with Crippen molar-refractivity contribution in [1.82, 2.24) is 23.9 Å². The van der Waals surface area contributed by atoms with Crippen molar-refractivity contribution in [2.45, 2.75) is 31.1 Å². The topological polar surface area (TPSA) is 110 Å². The zero-order valence-electron chi connectivity index (χ0n) is 15.4. The van der Waals surface area contributed by atoms with Gasteiger partial charge in [0.05, 0.1) is 5.69 Å². The SMILES string of the molecule is Cc1ccnc2nc(C(=O)Nc3ccccc3S(=O)(=O)N3CCCCC3)nn12. The molecule has 0 radical (unpaired) electrons. The smallest absolute Gasteiger partial charge is 0.295 e. The molecule has 0 bridgehead atoms. The van der Waals surface area contributed by atoms with E-state index in [1.54, 1.807) is 30.5 Å². The predicted molar refractivity (Wildman–Crippen MR) is 103 cm³/mol. The second-order valence-electron chi connectivity index (χ2n) is 6.65. The van der Waals surface area contributed by atoms with E-state index in [9.17, 15) is 13.2 Å². The zero-order chi connectivity index (χ0) is 19.7. The number of sulfonamides is 1. The largest absolute Gasteiger partial charge is 0.318 e. The van der Waals surface area contributed by atoms with Crippen LogP contribution >= 0.6 is 0 Å². The standard InChI is InChI=1S/C18H20N6O3S/c1-13-9-10-19-18-21-16(22-24(13)18)17(25)20-14-7-3-4-8-15(14)28(26,27)23-11-5-2-6-12-23/h3-4,7-10H,2,5-6,11-12H2,1H3,(H,20,25). The van der Waals surface area contributed by atoms with Gasteiger partial charge < -0.3 is 5.32 Å². The highest BCUT2D eigenvalue weighted by molar-refractivity contribution is 7.89. The summed E-state index contributed by atoms with van der Waals surface area (Å²) in [6, 6.07) is 8.14. The molecular weight excluding hydrogens is 380 g/mol. The van der Waals surface area contributed by atoms with E-state index in [4.69, 9.17) is 0 Å². The lowest BCUT2D eigenvalue weighted by molar-refractivity contribution is 0.101. The minimum Gasteiger partial charge on any atom is -0.318 e. The highest BCUT2D eigenvalue weighted by atomic mass is 32.2. The number of aryl methyl sites for hydroxylation is 1. The number of carbonyl (C=O) groups is 1. The average molecular weight is 400 g/mol. The van der Waals surface area contributed by atoms with Gasteiger partial charge in [-0.25, -0.2) is 17.9 Å². The van der Waals surface area contributed by atoms with Crippen molar-refractivity contribution in [3.05, 3.63) is 48.0 Å². The third-order valence-corrected chi connectivity index (χ3v) is 6.66. The quantitative estimate of drug-likeness (QED) is 0.716. The fourth-order valence-corrected chi connectivity index (χ4v) is 4.88. The molecule has 9 nitrogen and oxygen atoms in total. The van der Waals surface area contributed by atoms with Crippen LogP contribution in [0.1, 0.15) is 35.6 Å². The summed E-state index contributed by atoms with van der Waals surface area (Å²) in [6.45, 7) is 2.80. The molecule has 146 valence electrons. The molecule has 4 rings (SSSR count). The molecule has 0 unspecified atom stereocenters. The zero-order valence-corrected chi connectivity index (χ0v) is 16.2. The first-order valence-corrected chi connectivity index (χ1v) is 10.5. The first-order chi connectivity index (χ1) is 13.5. The molecule has 1 N–H and O–H groups in total. The van der Waals surface area contributed by atoms with E-state index in [0.717, 1.165) is 25.0 Å². The molecule has 1 aliphatic heterocycles. The van der Waals surface area contributed by atoms with Gasteiger partial charge in [-0.1, -0.05) is 18.6 Å². The third-order valence-electron chi connectivity index (χ3n) is 4.70. The van der Waals surface area contributed by atoms with Crippen molar-refractivity contribution < 1.29 is 13.2 Å². The number of fused-ring (bicyclic) bond motifs is 1. The summed E-state index contributed by atoms with van der Waals surface area (Å²) in [5, 5.41) is 6.80. The number of piperidine rings is 1. The summed E-state index contributed by atoms with van der Waals surface area (Å²) in [5.41, 5.74) is 0.992. The molecule has 0 atom stereocenters. The van der Waals surface area contributed by atoms with E-state index < -0.39 is 15.9 Å². The Morgan fingerprint density at radius 2 is 1.86 bits per heavy atom. The van der Waals surface area contributed by atoms with E-state index in [1.807, 2.05) is 6.92 Å². The summed E-state index contributed by atoms with van der Waals surface area (Å²) in [5.74, 6) is -0.363. The maximum absolute atomic E-state index is 13.0. The molecule has 0 spiro atoms. The molecule has 10 heteroatoms. The van der Waals surface area contributed by atoms with Crippen molar-refractivity contribution in [2.24, 2.45) is 0 Å². The van der Waals surface area contributed by atoms with Crippen LogP contribution in [0.25, 0.3) is 5.78 Å². The lowest BCUT2D eigenvalue weighted by Gasteiger charge is -2.26. The van der Waals surface area contributed by atoms with Crippen LogP contribution in [0.15, 0.2) is 41.4 Å². The second-order valence-corrected chi connectivity index (χ2v) is 8.55. The molecule has 3 heterocycles. The van der Waals surface area contributed by atoms with E-state index >= 15 is 0 Å². The first-order valence-electron chi connectivity index (χ1n) is 9.06. The van der Waals surface area contributed by atoms with Gasteiger partial charge in [-0.3, -0.25) is 4.79 Å². The van der Waals surface area contributed by atoms with Crippen LogP contribution in [0.5, 0.6) is 0 Å².